The summed E-state index contributed by atoms with van der Waals surface area (Å²) in [6.45, 7) is 5.46. The molecule has 1 aromatic rings. The number of hydrogen-bond donors (Lipinski definition) is 1. The topological polar surface area (TPSA) is 63.6 Å². The summed E-state index contributed by atoms with van der Waals surface area (Å²) in [6.07, 6.45) is 1.28. The van der Waals surface area contributed by atoms with Crippen molar-refractivity contribution in [3.05, 3.63) is 54.1 Å². The van der Waals surface area contributed by atoms with Crippen molar-refractivity contribution in [3.63, 3.8) is 0 Å². The molecule has 1 rings (SSSR count). The second-order valence-electron chi connectivity index (χ2n) is 4.26. The lowest BCUT2D eigenvalue weighted by molar-refractivity contribution is -0.149. The Morgan fingerprint density at radius 3 is 2.52 bits per heavy atom. The number of hydrogen-bond acceptors (Lipinski definition) is 4. The molecule has 0 bridgehead atoms. The second-order valence-corrected chi connectivity index (χ2v) is 4.52. The number of aliphatic hydroxyl groups is 1. The van der Waals surface area contributed by atoms with E-state index >= 15 is 0 Å². The van der Waals surface area contributed by atoms with Gasteiger partial charge in [0.2, 0.25) is 0 Å². The molecule has 1 N–H and O–H groups in total. The number of benzene rings is 1. The summed E-state index contributed by atoms with van der Waals surface area (Å²) in [5, 5.41) is 10.0. The average Bonchev–Trinajstić information content (AvgIpc) is 2.48. The smallest absolute Gasteiger partial charge is 0.321 e. The van der Waals surface area contributed by atoms with Gasteiger partial charge in [0, 0.05) is 5.56 Å². The van der Waals surface area contributed by atoms with E-state index in [0.717, 1.165) is 0 Å². The lowest BCUT2D eigenvalue weighted by Gasteiger charge is -2.14. The zero-order valence-corrected chi connectivity index (χ0v) is 12.5. The van der Waals surface area contributed by atoms with Crippen LogP contribution in [0, 0.1) is 5.92 Å². The Morgan fingerprint density at radius 2 is 2.00 bits per heavy atom. The van der Waals surface area contributed by atoms with Crippen LogP contribution in [-0.2, 0) is 14.3 Å². The summed E-state index contributed by atoms with van der Waals surface area (Å²) in [7, 11) is 0. The Labute approximate surface area is 128 Å². The number of carbonyl (C=O) groups excluding carboxylic acids is 2. The number of Topliss-reactive ketones (excluding diaryl/α,β-unsaturated/α-hetero) is 1. The fourth-order valence-electron chi connectivity index (χ4n) is 1.74. The van der Waals surface area contributed by atoms with Crippen LogP contribution < -0.4 is 0 Å². The summed E-state index contributed by atoms with van der Waals surface area (Å²) in [5.41, 5.74) is 0.694. The van der Waals surface area contributed by atoms with E-state index in [4.69, 9.17) is 16.3 Å². The lowest BCUT2D eigenvalue weighted by atomic mass is 9.95. The third-order valence-electron chi connectivity index (χ3n) is 2.74. The molecule has 0 aromatic heterocycles. The van der Waals surface area contributed by atoms with Gasteiger partial charge in [0.05, 0.1) is 12.5 Å². The number of ketones is 1. The number of rotatable bonds is 7. The molecule has 0 saturated carbocycles. The standard InChI is InChI=1S/C16H17ClO4/c1-3-21-16(20)15(14(19)10-17)11(2)9-13(18)12-7-5-4-6-8-12/h4-9,15,18H,2-3,10H2,1H3/b13-9+. The number of carbonyl (C=O) groups is 2. The Hall–Kier alpha value is -2.07. The van der Waals surface area contributed by atoms with Crippen LogP contribution in [-0.4, -0.2) is 29.3 Å². The zero-order valence-electron chi connectivity index (χ0n) is 11.7. The molecule has 0 amide bonds. The molecular formula is C16H17ClO4. The first-order chi connectivity index (χ1) is 10.0. The van der Waals surface area contributed by atoms with Crippen LogP contribution >= 0.6 is 11.6 Å². The predicted molar refractivity (Wildman–Crippen MR) is 82.0 cm³/mol. The van der Waals surface area contributed by atoms with Crippen molar-refractivity contribution in [3.8, 4) is 0 Å². The van der Waals surface area contributed by atoms with Crippen molar-refractivity contribution >= 4 is 29.1 Å². The van der Waals surface area contributed by atoms with E-state index in [0.29, 0.717) is 5.56 Å². The second kappa shape index (κ2) is 8.27. The van der Waals surface area contributed by atoms with Gasteiger partial charge in [-0.1, -0.05) is 36.9 Å². The van der Waals surface area contributed by atoms with Crippen LogP contribution in [0.15, 0.2) is 48.6 Å². The first-order valence-corrected chi connectivity index (χ1v) is 6.94. The van der Waals surface area contributed by atoms with Gasteiger partial charge in [0.15, 0.2) is 5.78 Å². The Kier molecular flexibility index (Phi) is 6.69. The summed E-state index contributed by atoms with van der Waals surface area (Å²) in [4.78, 5) is 23.6. The number of ether oxygens (including phenoxy) is 1. The molecule has 0 aliphatic rings. The quantitative estimate of drug-likeness (QED) is 0.276. The van der Waals surface area contributed by atoms with E-state index in [1.807, 2.05) is 6.07 Å². The third kappa shape index (κ3) is 4.76. The largest absolute Gasteiger partial charge is 0.507 e. The predicted octanol–water partition coefficient (Wildman–Crippen LogP) is 3.13. The van der Waals surface area contributed by atoms with E-state index in [-0.39, 0.29) is 23.8 Å². The normalized spacial score (nSPS) is 12.6. The molecule has 0 heterocycles. The SMILES string of the molecule is C=C(/C=C(/O)c1ccccc1)C(C(=O)CCl)C(=O)OCC. The third-order valence-corrected chi connectivity index (χ3v) is 3.00. The average molecular weight is 309 g/mol. The fourth-order valence-corrected chi connectivity index (χ4v) is 1.90. The van der Waals surface area contributed by atoms with E-state index in [1.165, 1.54) is 6.08 Å². The van der Waals surface area contributed by atoms with Gasteiger partial charge in [-0.25, -0.2) is 0 Å². The van der Waals surface area contributed by atoms with E-state index in [1.54, 1.807) is 31.2 Å². The number of aliphatic hydroxyl groups excluding tert-OH is 1. The molecule has 4 nitrogen and oxygen atoms in total. The van der Waals surface area contributed by atoms with Crippen LogP contribution in [0.3, 0.4) is 0 Å². The zero-order chi connectivity index (χ0) is 15.8. The highest BCUT2D eigenvalue weighted by molar-refractivity contribution is 6.30. The molecule has 21 heavy (non-hydrogen) atoms. The van der Waals surface area contributed by atoms with Gasteiger partial charge in [0.1, 0.15) is 11.7 Å². The molecular weight excluding hydrogens is 292 g/mol. The molecule has 0 aliphatic carbocycles. The fraction of sp³-hybridized carbons (Fsp3) is 0.250. The van der Waals surface area contributed by atoms with Crippen LogP contribution in [0.5, 0.6) is 0 Å². The molecule has 1 aromatic carbocycles. The highest BCUT2D eigenvalue weighted by Crippen LogP contribution is 2.20. The van der Waals surface area contributed by atoms with Gasteiger partial charge in [-0.2, -0.15) is 0 Å². The van der Waals surface area contributed by atoms with Crippen LogP contribution in [0.4, 0.5) is 0 Å². The number of alkyl halides is 1. The summed E-state index contributed by atoms with van der Waals surface area (Å²) in [6, 6.07) is 8.72. The van der Waals surface area contributed by atoms with Gasteiger partial charge >= 0.3 is 5.97 Å². The van der Waals surface area contributed by atoms with Gasteiger partial charge in [-0.15, -0.1) is 11.6 Å². The van der Waals surface area contributed by atoms with Crippen LogP contribution in [0.1, 0.15) is 12.5 Å². The molecule has 0 fully saturated rings. The lowest BCUT2D eigenvalue weighted by Crippen LogP contribution is -2.28. The molecule has 0 radical (unpaired) electrons. The molecule has 1 atom stereocenters. The van der Waals surface area contributed by atoms with Crippen molar-refractivity contribution in [1.29, 1.82) is 0 Å². The molecule has 112 valence electrons. The Balaban J connectivity index is 3.01. The van der Waals surface area contributed by atoms with Crippen LogP contribution in [0.2, 0.25) is 0 Å². The molecule has 0 aliphatic heterocycles. The van der Waals surface area contributed by atoms with Gasteiger partial charge in [-0.05, 0) is 18.6 Å². The highest BCUT2D eigenvalue weighted by atomic mass is 35.5. The Bertz CT molecular complexity index is 549. The maximum atomic E-state index is 11.8. The van der Waals surface area contributed by atoms with Crippen molar-refractivity contribution in [2.24, 2.45) is 5.92 Å². The maximum absolute atomic E-state index is 11.8. The molecule has 0 saturated heterocycles. The number of esters is 1. The minimum Gasteiger partial charge on any atom is -0.507 e. The van der Waals surface area contributed by atoms with Crippen molar-refractivity contribution in [2.75, 3.05) is 12.5 Å². The summed E-state index contributed by atoms with van der Waals surface area (Å²) >= 11 is 5.51. The van der Waals surface area contributed by atoms with Crippen molar-refractivity contribution in [2.45, 2.75) is 6.92 Å². The summed E-state index contributed by atoms with van der Waals surface area (Å²) < 4.78 is 4.85. The molecule has 0 spiro atoms. The summed E-state index contributed by atoms with van der Waals surface area (Å²) in [5.74, 6) is -2.85. The van der Waals surface area contributed by atoms with Crippen molar-refractivity contribution in [1.82, 2.24) is 0 Å². The molecule has 5 heteroatoms. The van der Waals surface area contributed by atoms with E-state index < -0.39 is 17.7 Å². The maximum Gasteiger partial charge on any atom is 0.321 e. The highest BCUT2D eigenvalue weighted by Gasteiger charge is 2.29. The Morgan fingerprint density at radius 1 is 1.38 bits per heavy atom. The minimum absolute atomic E-state index is 0.0859. The minimum atomic E-state index is -1.20. The van der Waals surface area contributed by atoms with Gasteiger partial charge in [0.25, 0.3) is 0 Å². The monoisotopic (exact) mass is 308 g/mol. The van der Waals surface area contributed by atoms with Crippen LogP contribution in [0.25, 0.3) is 5.76 Å². The van der Waals surface area contributed by atoms with Gasteiger partial charge in [-0.3, -0.25) is 9.59 Å². The van der Waals surface area contributed by atoms with E-state index in [9.17, 15) is 14.7 Å². The number of halogens is 1. The van der Waals surface area contributed by atoms with Crippen molar-refractivity contribution < 1.29 is 19.4 Å². The van der Waals surface area contributed by atoms with Gasteiger partial charge < -0.3 is 9.84 Å². The molecule has 1 unspecified atom stereocenters. The first kappa shape index (κ1) is 17.0. The first-order valence-electron chi connectivity index (χ1n) is 6.41. The van der Waals surface area contributed by atoms with E-state index in [2.05, 4.69) is 6.58 Å². The number of allylic oxidation sites excluding steroid dienone is 1.